The van der Waals surface area contributed by atoms with Crippen molar-refractivity contribution in [3.05, 3.63) is 0 Å². The molecular formula is C54H104O6. The predicted molar refractivity (Wildman–Crippen MR) is 256 cm³/mol. The Labute approximate surface area is 374 Å². The van der Waals surface area contributed by atoms with Gasteiger partial charge in [0.15, 0.2) is 6.10 Å². The van der Waals surface area contributed by atoms with E-state index in [-0.39, 0.29) is 31.1 Å². The molecule has 0 saturated heterocycles. The van der Waals surface area contributed by atoms with Crippen LogP contribution >= 0.6 is 0 Å². The van der Waals surface area contributed by atoms with E-state index in [0.717, 1.165) is 69.6 Å². The number of carbonyl (C=O) groups excluding carboxylic acids is 3. The van der Waals surface area contributed by atoms with Gasteiger partial charge in [-0.05, 0) is 31.1 Å². The van der Waals surface area contributed by atoms with Crippen molar-refractivity contribution in [2.75, 3.05) is 13.2 Å². The molecule has 0 aromatic carbocycles. The Morgan fingerprint density at radius 3 is 0.817 bits per heavy atom. The number of rotatable bonds is 48. The van der Waals surface area contributed by atoms with Gasteiger partial charge in [0.25, 0.3) is 0 Å². The molecule has 0 aliphatic heterocycles. The summed E-state index contributed by atoms with van der Waals surface area (Å²) in [6, 6.07) is 0. The van der Waals surface area contributed by atoms with E-state index < -0.39 is 6.10 Å². The summed E-state index contributed by atoms with van der Waals surface area (Å²) in [6.07, 6.45) is 48.3. The van der Waals surface area contributed by atoms with E-state index in [2.05, 4.69) is 34.6 Å². The van der Waals surface area contributed by atoms with Crippen LogP contribution in [0.4, 0.5) is 0 Å². The summed E-state index contributed by atoms with van der Waals surface area (Å²) >= 11 is 0. The van der Waals surface area contributed by atoms with E-state index >= 15 is 0 Å². The highest BCUT2D eigenvalue weighted by Crippen LogP contribution is 2.18. The van der Waals surface area contributed by atoms with Crippen LogP contribution in [0.3, 0.4) is 0 Å². The second kappa shape index (κ2) is 46.9. The maximum Gasteiger partial charge on any atom is 0.306 e. The number of ether oxygens (including phenoxy) is 3. The fourth-order valence-corrected chi connectivity index (χ4v) is 8.17. The third-order valence-corrected chi connectivity index (χ3v) is 12.2. The van der Waals surface area contributed by atoms with Crippen molar-refractivity contribution in [2.45, 2.75) is 304 Å². The zero-order valence-corrected chi connectivity index (χ0v) is 41.1. The van der Waals surface area contributed by atoms with Gasteiger partial charge in [0.1, 0.15) is 13.2 Å². The number of hydrogen-bond acceptors (Lipinski definition) is 6. The minimum atomic E-state index is -0.760. The van der Waals surface area contributed by atoms with Gasteiger partial charge in [-0.1, -0.05) is 259 Å². The monoisotopic (exact) mass is 849 g/mol. The van der Waals surface area contributed by atoms with E-state index in [9.17, 15) is 14.4 Å². The van der Waals surface area contributed by atoms with Crippen molar-refractivity contribution < 1.29 is 28.6 Å². The SMILES string of the molecule is CCCCCCCCCC(=O)OC[C@@H](COC(=O)CCCCCCCCCCCCCCCCCCCCC(C)C)OC(=O)CCCCCCCCCCCCCC(C)C. The smallest absolute Gasteiger partial charge is 0.306 e. The van der Waals surface area contributed by atoms with Gasteiger partial charge in [-0.25, -0.2) is 0 Å². The van der Waals surface area contributed by atoms with Crippen LogP contribution in [0, 0.1) is 11.8 Å². The molecule has 0 N–H and O–H groups in total. The summed E-state index contributed by atoms with van der Waals surface area (Å²) in [5, 5.41) is 0. The molecule has 0 bridgehead atoms. The summed E-state index contributed by atoms with van der Waals surface area (Å²) in [7, 11) is 0. The first-order valence-corrected chi connectivity index (χ1v) is 26.7. The van der Waals surface area contributed by atoms with Gasteiger partial charge < -0.3 is 14.2 Å². The van der Waals surface area contributed by atoms with Crippen molar-refractivity contribution in [1.82, 2.24) is 0 Å². The molecule has 0 aliphatic rings. The molecule has 0 unspecified atom stereocenters. The highest BCUT2D eigenvalue weighted by molar-refractivity contribution is 5.71. The van der Waals surface area contributed by atoms with Crippen molar-refractivity contribution in [2.24, 2.45) is 11.8 Å². The molecular weight excluding hydrogens is 745 g/mol. The molecule has 6 nitrogen and oxygen atoms in total. The van der Waals surface area contributed by atoms with Crippen molar-refractivity contribution >= 4 is 17.9 Å². The molecule has 0 aromatic heterocycles. The van der Waals surface area contributed by atoms with E-state index in [4.69, 9.17) is 14.2 Å². The lowest BCUT2D eigenvalue weighted by atomic mass is 10.0. The molecule has 0 aliphatic carbocycles. The Kier molecular flexibility index (Phi) is 45.7. The van der Waals surface area contributed by atoms with Crippen molar-refractivity contribution in [3.8, 4) is 0 Å². The summed E-state index contributed by atoms with van der Waals surface area (Å²) in [5.41, 5.74) is 0. The number of hydrogen-bond donors (Lipinski definition) is 0. The lowest BCUT2D eigenvalue weighted by Crippen LogP contribution is -2.30. The molecule has 0 radical (unpaired) electrons. The molecule has 0 spiro atoms. The molecule has 0 fully saturated rings. The number of esters is 3. The second-order valence-electron chi connectivity index (χ2n) is 19.5. The topological polar surface area (TPSA) is 78.9 Å². The van der Waals surface area contributed by atoms with Crippen LogP contribution in [0.15, 0.2) is 0 Å². The average Bonchev–Trinajstić information content (AvgIpc) is 3.22. The fraction of sp³-hybridized carbons (Fsp3) is 0.944. The van der Waals surface area contributed by atoms with Gasteiger partial charge in [-0.3, -0.25) is 14.4 Å². The van der Waals surface area contributed by atoms with Gasteiger partial charge in [-0.2, -0.15) is 0 Å². The van der Waals surface area contributed by atoms with Crippen LogP contribution in [0.1, 0.15) is 298 Å². The van der Waals surface area contributed by atoms with Gasteiger partial charge >= 0.3 is 17.9 Å². The van der Waals surface area contributed by atoms with E-state index in [1.165, 1.54) is 186 Å². The molecule has 60 heavy (non-hydrogen) atoms. The molecule has 0 amide bonds. The van der Waals surface area contributed by atoms with Gasteiger partial charge in [0, 0.05) is 19.3 Å². The molecule has 6 heteroatoms. The van der Waals surface area contributed by atoms with Crippen LogP contribution < -0.4 is 0 Å². The van der Waals surface area contributed by atoms with Crippen LogP contribution in [-0.4, -0.2) is 37.2 Å². The first-order chi connectivity index (χ1) is 29.2. The zero-order valence-electron chi connectivity index (χ0n) is 41.1. The minimum absolute atomic E-state index is 0.0638. The lowest BCUT2D eigenvalue weighted by Gasteiger charge is -2.18. The Balaban J connectivity index is 4.13. The summed E-state index contributed by atoms with van der Waals surface area (Å²) in [4.78, 5) is 37.8. The van der Waals surface area contributed by atoms with E-state index in [1.54, 1.807) is 0 Å². The third-order valence-electron chi connectivity index (χ3n) is 12.2. The largest absolute Gasteiger partial charge is 0.462 e. The Morgan fingerprint density at radius 2 is 0.550 bits per heavy atom. The quantitative estimate of drug-likeness (QED) is 0.0345. The van der Waals surface area contributed by atoms with Crippen molar-refractivity contribution in [1.29, 1.82) is 0 Å². The van der Waals surface area contributed by atoms with E-state index in [1.807, 2.05) is 0 Å². The summed E-state index contributed by atoms with van der Waals surface area (Å²) in [6.45, 7) is 11.4. The predicted octanol–water partition coefficient (Wildman–Crippen LogP) is 17.3. The van der Waals surface area contributed by atoms with Crippen LogP contribution in [-0.2, 0) is 28.6 Å². The minimum Gasteiger partial charge on any atom is -0.462 e. The fourth-order valence-electron chi connectivity index (χ4n) is 8.17. The molecule has 356 valence electrons. The van der Waals surface area contributed by atoms with Crippen LogP contribution in [0.2, 0.25) is 0 Å². The van der Waals surface area contributed by atoms with Gasteiger partial charge in [-0.15, -0.1) is 0 Å². The Bertz CT molecular complexity index is 916. The lowest BCUT2D eigenvalue weighted by molar-refractivity contribution is -0.167. The molecule has 0 heterocycles. The summed E-state index contributed by atoms with van der Waals surface area (Å²) in [5.74, 6) is 0.831. The number of unbranched alkanes of at least 4 members (excludes halogenated alkanes) is 33. The Morgan fingerprint density at radius 1 is 0.317 bits per heavy atom. The Hall–Kier alpha value is -1.59. The van der Waals surface area contributed by atoms with Crippen molar-refractivity contribution in [3.63, 3.8) is 0 Å². The van der Waals surface area contributed by atoms with Crippen LogP contribution in [0.5, 0.6) is 0 Å². The normalized spacial score (nSPS) is 12.1. The first kappa shape index (κ1) is 58.4. The maximum absolute atomic E-state index is 12.8. The maximum atomic E-state index is 12.8. The second-order valence-corrected chi connectivity index (χ2v) is 19.5. The number of carbonyl (C=O) groups is 3. The third kappa shape index (κ3) is 47.5. The molecule has 0 rings (SSSR count). The molecule has 1 atom stereocenters. The molecule has 0 saturated carbocycles. The first-order valence-electron chi connectivity index (χ1n) is 26.7. The summed E-state index contributed by atoms with van der Waals surface area (Å²) < 4.78 is 16.8. The zero-order chi connectivity index (χ0) is 44.0. The van der Waals surface area contributed by atoms with Crippen LogP contribution in [0.25, 0.3) is 0 Å². The highest BCUT2D eigenvalue weighted by Gasteiger charge is 2.19. The molecule has 0 aromatic rings. The van der Waals surface area contributed by atoms with E-state index in [0.29, 0.717) is 19.3 Å². The van der Waals surface area contributed by atoms with Gasteiger partial charge in [0.2, 0.25) is 0 Å². The standard InChI is InChI=1S/C54H104O6/c1-6-7-8-9-27-34-39-44-52(55)58-47-51(60-54(57)46-41-36-31-26-22-18-20-24-29-33-38-43-50(4)5)48-59-53(56)45-40-35-30-25-21-17-15-13-11-10-12-14-16-19-23-28-32-37-42-49(2)3/h49-51H,6-48H2,1-5H3/t51-/m0/s1. The highest BCUT2D eigenvalue weighted by atomic mass is 16.6. The van der Waals surface area contributed by atoms with Gasteiger partial charge in [0.05, 0.1) is 0 Å². The average molecular weight is 849 g/mol.